The van der Waals surface area contributed by atoms with Gasteiger partial charge in [0.2, 0.25) is 0 Å². The number of carbonyl (C=O) groups is 1. The number of esters is 1. The summed E-state index contributed by atoms with van der Waals surface area (Å²) in [7, 11) is 0. The highest BCUT2D eigenvalue weighted by Gasteiger charge is 2.47. The molecule has 10 nitrogen and oxygen atoms in total. The third-order valence-electron chi connectivity index (χ3n) is 9.78. The quantitative estimate of drug-likeness (QED) is 0.120. The van der Waals surface area contributed by atoms with E-state index in [0.29, 0.717) is 13.0 Å². The topological polar surface area (TPSA) is 128 Å². The molecule has 0 amide bonds. The van der Waals surface area contributed by atoms with Crippen LogP contribution in [0.15, 0.2) is 79.1 Å². The number of anilines is 2. The van der Waals surface area contributed by atoms with Gasteiger partial charge in [-0.3, -0.25) is 15.0 Å². The summed E-state index contributed by atoms with van der Waals surface area (Å²) in [6, 6.07) is 22.8. The second-order valence-electron chi connectivity index (χ2n) is 12.5. The average Bonchev–Trinajstić information content (AvgIpc) is 3.56. The number of halogens is 3. The van der Waals surface area contributed by atoms with Crippen LogP contribution < -0.4 is 10.6 Å². The fourth-order valence-electron chi connectivity index (χ4n) is 7.34. The molecule has 4 aromatic rings. The first kappa shape index (κ1) is 37.0. The molecule has 3 heterocycles. The van der Waals surface area contributed by atoms with E-state index in [1.54, 1.807) is 6.33 Å². The van der Waals surface area contributed by atoms with Crippen LogP contribution in [0, 0.1) is 10.1 Å². The molecular weight excluding hydrogens is 675 g/mol. The monoisotopic (exact) mass is 712 g/mol. The number of hydrogen-bond donors (Lipinski definition) is 1. The van der Waals surface area contributed by atoms with Crippen LogP contribution in [0.25, 0.3) is 0 Å². The largest absolute Gasteiger partial charge is 0.452 e. The van der Waals surface area contributed by atoms with Crippen LogP contribution >= 0.6 is 37.2 Å². The molecule has 1 saturated heterocycles. The summed E-state index contributed by atoms with van der Waals surface area (Å²) in [5, 5.41) is 11.0. The molecule has 13 heteroatoms. The van der Waals surface area contributed by atoms with Crippen molar-refractivity contribution in [3.8, 4) is 0 Å². The number of nitro groups is 1. The van der Waals surface area contributed by atoms with Crippen molar-refractivity contribution >= 4 is 60.4 Å². The molecule has 0 bridgehead atoms. The van der Waals surface area contributed by atoms with Gasteiger partial charge in [-0.25, -0.2) is 14.8 Å². The van der Waals surface area contributed by atoms with E-state index in [9.17, 15) is 14.9 Å². The van der Waals surface area contributed by atoms with Gasteiger partial charge in [0, 0.05) is 48.4 Å². The maximum atomic E-state index is 13.0. The molecule has 48 heavy (non-hydrogen) atoms. The Morgan fingerprint density at radius 2 is 1.65 bits per heavy atom. The zero-order valence-corrected chi connectivity index (χ0v) is 28.9. The summed E-state index contributed by atoms with van der Waals surface area (Å²) < 4.78 is 5.94. The van der Waals surface area contributed by atoms with Crippen molar-refractivity contribution in [3.63, 3.8) is 0 Å². The molecule has 3 aliphatic rings. The molecule has 1 spiro atoms. The Labute approximate surface area is 298 Å². The van der Waals surface area contributed by atoms with Gasteiger partial charge in [0.05, 0.1) is 16.2 Å². The van der Waals surface area contributed by atoms with Gasteiger partial charge >= 0.3 is 5.97 Å². The first-order valence-corrected chi connectivity index (χ1v) is 15.5. The van der Waals surface area contributed by atoms with Gasteiger partial charge in [0.1, 0.15) is 18.2 Å². The van der Waals surface area contributed by atoms with Crippen molar-refractivity contribution < 1.29 is 14.5 Å². The van der Waals surface area contributed by atoms with Gasteiger partial charge in [-0.2, -0.15) is 0 Å². The van der Waals surface area contributed by atoms with Gasteiger partial charge < -0.3 is 15.4 Å². The minimum atomic E-state index is -0.525. The van der Waals surface area contributed by atoms with Crippen LogP contribution in [0.4, 0.5) is 17.2 Å². The van der Waals surface area contributed by atoms with E-state index in [0.717, 1.165) is 61.7 Å². The number of para-hydroxylation sites is 1. The van der Waals surface area contributed by atoms with Crippen LogP contribution in [0.1, 0.15) is 76.5 Å². The highest BCUT2D eigenvalue weighted by Crippen LogP contribution is 2.53. The number of aromatic nitrogens is 2. The zero-order valence-electron chi connectivity index (χ0n) is 26.5. The van der Waals surface area contributed by atoms with Crippen LogP contribution in [0.3, 0.4) is 0 Å². The Morgan fingerprint density at radius 1 is 0.979 bits per heavy atom. The second kappa shape index (κ2) is 15.2. The van der Waals surface area contributed by atoms with E-state index in [-0.39, 0.29) is 59.8 Å². The molecule has 1 fully saturated rings. The Balaban J connectivity index is 0.00000173. The predicted octanol–water partition coefficient (Wildman–Crippen LogP) is 7.20. The van der Waals surface area contributed by atoms with E-state index in [1.165, 1.54) is 41.1 Å². The number of fused-ring (bicyclic) bond motifs is 3. The molecule has 254 valence electrons. The van der Waals surface area contributed by atoms with Crippen molar-refractivity contribution in [3.05, 3.63) is 123 Å². The van der Waals surface area contributed by atoms with Crippen LogP contribution in [0.2, 0.25) is 0 Å². The number of ether oxygens (including phenoxy) is 1. The third kappa shape index (κ3) is 6.86. The summed E-state index contributed by atoms with van der Waals surface area (Å²) in [4.78, 5) is 37.9. The number of hydrogen-bond acceptors (Lipinski definition) is 9. The number of nitrogens with zero attached hydrogens (tertiary/aromatic N) is 5. The average molecular weight is 714 g/mol. The standard InChI is InChI=1S/C35H36N6O4.3ClH/c1-23-18-30(45-34(42)26-10-12-27(13-11-26)41(43)44)32-31(23)33(38-22-37-32)40-21-35(28-4-2-3-5-29(28)40)14-16-39(17-15-35)20-25-8-6-24(19-36)7-9-25;;;/h2-13,22-23,30H,14-21,36H2,1H3;3*1H/t23-,30-;;;/m1.../s1. The van der Waals surface area contributed by atoms with Gasteiger partial charge in [-0.1, -0.05) is 49.4 Å². The molecule has 0 radical (unpaired) electrons. The van der Waals surface area contributed by atoms with Crippen LogP contribution in [-0.2, 0) is 23.2 Å². The molecule has 3 aromatic carbocycles. The smallest absolute Gasteiger partial charge is 0.338 e. The van der Waals surface area contributed by atoms with E-state index >= 15 is 0 Å². The van der Waals surface area contributed by atoms with Crippen molar-refractivity contribution in [2.45, 2.75) is 56.7 Å². The fraction of sp³-hybridized carbons (Fsp3) is 0.343. The Bertz CT molecular complexity index is 1750. The maximum Gasteiger partial charge on any atom is 0.338 e. The molecule has 0 unspecified atom stereocenters. The number of nitrogens with two attached hydrogens (primary N) is 1. The lowest BCUT2D eigenvalue weighted by atomic mass is 9.74. The number of carbonyl (C=O) groups excluding carboxylic acids is 1. The lowest BCUT2D eigenvalue weighted by molar-refractivity contribution is -0.384. The first-order valence-electron chi connectivity index (χ1n) is 15.5. The molecular formula is C35H39Cl3N6O4. The summed E-state index contributed by atoms with van der Waals surface area (Å²) in [6.07, 6.45) is 3.76. The predicted molar refractivity (Wildman–Crippen MR) is 192 cm³/mol. The number of nitro benzene ring substituents is 1. The summed E-state index contributed by atoms with van der Waals surface area (Å²) in [5.74, 6) is 0.442. The van der Waals surface area contributed by atoms with Gasteiger partial charge in [-0.05, 0) is 73.2 Å². The van der Waals surface area contributed by atoms with Crippen LogP contribution in [-0.4, -0.2) is 45.4 Å². The second-order valence-corrected chi connectivity index (χ2v) is 12.5. The van der Waals surface area contributed by atoms with Crippen molar-refractivity contribution in [1.82, 2.24) is 14.9 Å². The minimum absolute atomic E-state index is 0. The van der Waals surface area contributed by atoms with E-state index in [4.69, 9.17) is 15.5 Å². The number of piperidine rings is 1. The molecule has 1 aromatic heterocycles. The molecule has 2 N–H and O–H groups in total. The summed E-state index contributed by atoms with van der Waals surface area (Å²) in [5.41, 5.74) is 12.8. The lowest BCUT2D eigenvalue weighted by Gasteiger charge is -2.40. The highest BCUT2D eigenvalue weighted by molar-refractivity contribution is 5.90. The molecule has 1 aliphatic carbocycles. The number of likely N-dealkylation sites (tertiary alicyclic amines) is 1. The van der Waals surface area contributed by atoms with E-state index in [2.05, 4.69) is 70.2 Å². The first-order chi connectivity index (χ1) is 21.8. The number of benzene rings is 3. The SMILES string of the molecule is C[C@@H]1C[C@@H](OC(=O)c2ccc([N+](=O)[O-])cc2)c2ncnc(N3CC4(CCN(Cc5ccc(CN)cc5)CC4)c4ccccc43)c21.Cl.Cl.Cl. The maximum absolute atomic E-state index is 13.0. The molecule has 7 rings (SSSR count). The van der Waals surface area contributed by atoms with Gasteiger partial charge in [-0.15, -0.1) is 37.2 Å². The molecule has 0 saturated carbocycles. The summed E-state index contributed by atoms with van der Waals surface area (Å²) >= 11 is 0. The van der Waals surface area contributed by atoms with Crippen molar-refractivity contribution in [2.75, 3.05) is 24.5 Å². The number of non-ortho nitro benzene ring substituents is 1. The van der Waals surface area contributed by atoms with Gasteiger partial charge in [0.15, 0.2) is 0 Å². The zero-order chi connectivity index (χ0) is 31.1. The molecule has 2 aliphatic heterocycles. The van der Waals surface area contributed by atoms with E-state index in [1.807, 2.05) is 0 Å². The van der Waals surface area contributed by atoms with E-state index < -0.39 is 17.0 Å². The van der Waals surface area contributed by atoms with Crippen molar-refractivity contribution in [2.24, 2.45) is 5.73 Å². The lowest BCUT2D eigenvalue weighted by Crippen LogP contribution is -2.44. The normalized spacial score (nSPS) is 18.9. The summed E-state index contributed by atoms with van der Waals surface area (Å²) in [6.45, 7) is 6.49. The minimum Gasteiger partial charge on any atom is -0.452 e. The Hall–Kier alpha value is -3.80. The Kier molecular flexibility index (Phi) is 11.7. The third-order valence-corrected chi connectivity index (χ3v) is 9.78. The van der Waals surface area contributed by atoms with Crippen LogP contribution in [0.5, 0.6) is 0 Å². The highest BCUT2D eigenvalue weighted by atomic mass is 35.5. The molecule has 2 atom stereocenters. The fourth-order valence-corrected chi connectivity index (χ4v) is 7.34. The number of rotatable bonds is 7. The van der Waals surface area contributed by atoms with Crippen molar-refractivity contribution in [1.29, 1.82) is 0 Å². The van der Waals surface area contributed by atoms with Gasteiger partial charge in [0.25, 0.3) is 5.69 Å². The Morgan fingerprint density at radius 3 is 2.31 bits per heavy atom.